The highest BCUT2D eigenvalue weighted by atomic mass is 15.2. The van der Waals surface area contributed by atoms with Gasteiger partial charge in [0.05, 0.1) is 0 Å². The van der Waals surface area contributed by atoms with E-state index in [1.807, 2.05) is 0 Å². The molecular weight excluding hydrogens is 184 g/mol. The summed E-state index contributed by atoms with van der Waals surface area (Å²) in [6.07, 6.45) is 4.05. The minimum absolute atomic E-state index is 0.718. The third kappa shape index (κ3) is 4.52. The van der Waals surface area contributed by atoms with Crippen LogP contribution in [0.4, 0.5) is 0 Å². The van der Waals surface area contributed by atoms with E-state index in [4.69, 9.17) is 0 Å². The number of nitrogens with one attached hydrogen (secondary N) is 1. The van der Waals surface area contributed by atoms with Gasteiger partial charge in [-0.05, 0) is 38.3 Å². The number of hydrogen-bond donors (Lipinski definition) is 1. The predicted octanol–water partition coefficient (Wildman–Crippen LogP) is 2.49. The van der Waals surface area contributed by atoms with Crippen molar-refractivity contribution in [1.29, 1.82) is 0 Å². The van der Waals surface area contributed by atoms with Crippen molar-refractivity contribution >= 4 is 0 Å². The number of rotatable bonds is 8. The van der Waals surface area contributed by atoms with Crippen molar-refractivity contribution in [3.8, 4) is 0 Å². The lowest BCUT2D eigenvalue weighted by Gasteiger charge is -2.33. The molecule has 0 aromatic carbocycles. The molecule has 0 aromatic heterocycles. The molecule has 0 aliphatic heterocycles. The Kier molecular flexibility index (Phi) is 5.62. The summed E-state index contributed by atoms with van der Waals surface area (Å²) in [6, 6.07) is 1.56. The molecule has 0 spiro atoms. The highest BCUT2D eigenvalue weighted by Gasteiger charge is 2.25. The summed E-state index contributed by atoms with van der Waals surface area (Å²) in [4.78, 5) is 2.63. The molecule has 2 heteroatoms. The molecule has 1 aliphatic rings. The average Bonchev–Trinajstić information content (AvgIpc) is 2.99. The predicted molar refractivity (Wildman–Crippen MR) is 67.2 cm³/mol. The molecule has 15 heavy (non-hydrogen) atoms. The van der Waals surface area contributed by atoms with Gasteiger partial charge in [0.1, 0.15) is 0 Å². The third-order valence-electron chi connectivity index (χ3n) is 3.35. The molecule has 1 fully saturated rings. The maximum absolute atomic E-state index is 3.67. The van der Waals surface area contributed by atoms with Crippen LogP contribution >= 0.6 is 0 Å². The lowest BCUT2D eigenvalue weighted by atomic mass is 10.0. The van der Waals surface area contributed by atoms with E-state index in [1.165, 1.54) is 38.9 Å². The highest BCUT2D eigenvalue weighted by Crippen LogP contribution is 2.20. The smallest absolute Gasteiger partial charge is 0.0243 e. The normalized spacial score (nSPS) is 18.8. The van der Waals surface area contributed by atoms with E-state index < -0.39 is 0 Å². The van der Waals surface area contributed by atoms with Crippen LogP contribution in [0.3, 0.4) is 0 Å². The zero-order valence-corrected chi connectivity index (χ0v) is 10.9. The second kappa shape index (κ2) is 6.49. The molecule has 1 rings (SSSR count). The summed E-state index contributed by atoms with van der Waals surface area (Å²) in [5.74, 6) is 0.753. The monoisotopic (exact) mass is 212 g/mol. The van der Waals surface area contributed by atoms with Gasteiger partial charge < -0.3 is 5.32 Å². The van der Waals surface area contributed by atoms with Gasteiger partial charge in [0.2, 0.25) is 0 Å². The molecule has 1 aliphatic carbocycles. The summed E-state index contributed by atoms with van der Waals surface area (Å²) in [5, 5.41) is 3.67. The maximum atomic E-state index is 3.67. The minimum Gasteiger partial charge on any atom is -0.312 e. The van der Waals surface area contributed by atoms with Crippen LogP contribution in [-0.2, 0) is 0 Å². The van der Waals surface area contributed by atoms with Crippen LogP contribution in [-0.4, -0.2) is 36.6 Å². The van der Waals surface area contributed by atoms with Crippen LogP contribution < -0.4 is 5.32 Å². The van der Waals surface area contributed by atoms with Gasteiger partial charge in [-0.2, -0.15) is 0 Å². The van der Waals surface area contributed by atoms with Gasteiger partial charge in [-0.25, -0.2) is 0 Å². The van der Waals surface area contributed by atoms with Crippen molar-refractivity contribution in [2.24, 2.45) is 5.92 Å². The molecule has 0 heterocycles. The Bertz CT molecular complexity index is 164. The van der Waals surface area contributed by atoms with Crippen LogP contribution in [0.15, 0.2) is 0 Å². The van der Waals surface area contributed by atoms with E-state index in [9.17, 15) is 0 Å². The number of hydrogen-bond acceptors (Lipinski definition) is 2. The molecule has 2 nitrogen and oxygen atoms in total. The van der Waals surface area contributed by atoms with Crippen molar-refractivity contribution < 1.29 is 0 Å². The molecule has 1 saturated carbocycles. The Morgan fingerprint density at radius 1 is 1.27 bits per heavy atom. The molecule has 1 atom stereocenters. The van der Waals surface area contributed by atoms with Crippen molar-refractivity contribution in [1.82, 2.24) is 10.2 Å². The van der Waals surface area contributed by atoms with Gasteiger partial charge in [-0.15, -0.1) is 0 Å². The zero-order chi connectivity index (χ0) is 11.3. The first-order chi connectivity index (χ1) is 7.19. The van der Waals surface area contributed by atoms with Gasteiger partial charge in [0.15, 0.2) is 0 Å². The van der Waals surface area contributed by atoms with Gasteiger partial charge in [0, 0.05) is 18.6 Å². The van der Waals surface area contributed by atoms with E-state index in [-0.39, 0.29) is 0 Å². The fourth-order valence-corrected chi connectivity index (χ4v) is 2.21. The summed E-state index contributed by atoms with van der Waals surface area (Å²) in [6.45, 7) is 12.8. The first kappa shape index (κ1) is 13.0. The van der Waals surface area contributed by atoms with E-state index in [2.05, 4.69) is 37.9 Å². The third-order valence-corrected chi connectivity index (χ3v) is 3.35. The van der Waals surface area contributed by atoms with Crippen LogP contribution in [0.25, 0.3) is 0 Å². The molecule has 0 bridgehead atoms. The molecule has 0 amide bonds. The van der Waals surface area contributed by atoms with Gasteiger partial charge in [0.25, 0.3) is 0 Å². The van der Waals surface area contributed by atoms with E-state index in [0.717, 1.165) is 18.0 Å². The Balaban J connectivity index is 2.37. The minimum atomic E-state index is 0.718. The topological polar surface area (TPSA) is 15.3 Å². The molecular formula is C13H28N2. The molecule has 1 unspecified atom stereocenters. The molecule has 0 aromatic rings. The van der Waals surface area contributed by atoms with Crippen LogP contribution in [0.5, 0.6) is 0 Å². The first-order valence-corrected chi connectivity index (χ1v) is 6.66. The fraction of sp³-hybridized carbons (Fsp3) is 1.00. The summed E-state index contributed by atoms with van der Waals surface area (Å²) in [5.41, 5.74) is 0. The van der Waals surface area contributed by atoms with Crippen molar-refractivity contribution in [3.05, 3.63) is 0 Å². The Labute approximate surface area is 95.4 Å². The van der Waals surface area contributed by atoms with Gasteiger partial charge >= 0.3 is 0 Å². The zero-order valence-electron chi connectivity index (χ0n) is 10.9. The summed E-state index contributed by atoms with van der Waals surface area (Å²) >= 11 is 0. The Morgan fingerprint density at radius 3 is 2.33 bits per heavy atom. The summed E-state index contributed by atoms with van der Waals surface area (Å²) < 4.78 is 0. The molecule has 1 N–H and O–H groups in total. The Morgan fingerprint density at radius 2 is 1.93 bits per heavy atom. The van der Waals surface area contributed by atoms with Gasteiger partial charge in [-0.3, -0.25) is 4.90 Å². The second-order valence-electron chi connectivity index (χ2n) is 5.12. The molecule has 0 radical (unpaired) electrons. The second-order valence-corrected chi connectivity index (χ2v) is 5.12. The number of nitrogens with zero attached hydrogens (tertiary/aromatic N) is 1. The van der Waals surface area contributed by atoms with Gasteiger partial charge in [-0.1, -0.05) is 27.7 Å². The Hall–Kier alpha value is -0.0800. The maximum Gasteiger partial charge on any atom is 0.0243 e. The largest absolute Gasteiger partial charge is 0.312 e. The lowest BCUT2D eigenvalue weighted by Crippen LogP contribution is -2.46. The fourth-order valence-electron chi connectivity index (χ4n) is 2.21. The van der Waals surface area contributed by atoms with E-state index in [0.29, 0.717) is 0 Å². The number of likely N-dealkylation sites (N-methyl/N-ethyl adjacent to an activating group) is 1. The SMILES string of the molecule is CCCN(CC)C(CNC1CC1)C(C)C. The summed E-state index contributed by atoms with van der Waals surface area (Å²) in [7, 11) is 0. The van der Waals surface area contributed by atoms with Crippen molar-refractivity contribution in [2.45, 2.75) is 59.0 Å². The van der Waals surface area contributed by atoms with Crippen LogP contribution in [0, 0.1) is 5.92 Å². The lowest BCUT2D eigenvalue weighted by molar-refractivity contribution is 0.159. The van der Waals surface area contributed by atoms with Crippen molar-refractivity contribution in [2.75, 3.05) is 19.6 Å². The van der Waals surface area contributed by atoms with Crippen molar-refractivity contribution in [3.63, 3.8) is 0 Å². The van der Waals surface area contributed by atoms with Crippen LogP contribution in [0.1, 0.15) is 47.0 Å². The van der Waals surface area contributed by atoms with E-state index >= 15 is 0 Å². The standard InChI is InChI=1S/C13H28N2/c1-5-9-15(6-2)13(11(3)4)10-14-12-7-8-12/h11-14H,5-10H2,1-4H3. The van der Waals surface area contributed by atoms with E-state index in [1.54, 1.807) is 0 Å². The quantitative estimate of drug-likeness (QED) is 0.665. The first-order valence-electron chi connectivity index (χ1n) is 6.66. The molecule has 90 valence electrons. The molecule has 0 saturated heterocycles. The van der Waals surface area contributed by atoms with Crippen LogP contribution in [0.2, 0.25) is 0 Å². The average molecular weight is 212 g/mol. The highest BCUT2D eigenvalue weighted by molar-refractivity contribution is 4.85.